The van der Waals surface area contributed by atoms with Gasteiger partial charge in [0, 0.05) is 17.1 Å². The second-order valence-electron chi connectivity index (χ2n) is 5.75. The molecule has 1 aliphatic heterocycles. The van der Waals surface area contributed by atoms with Crippen molar-refractivity contribution >= 4 is 17.5 Å². The van der Waals surface area contributed by atoms with Crippen LogP contribution in [0.25, 0.3) is 0 Å². The first kappa shape index (κ1) is 15.9. The van der Waals surface area contributed by atoms with Gasteiger partial charge in [-0.25, -0.2) is 9.37 Å². The second kappa shape index (κ2) is 6.66. The van der Waals surface area contributed by atoms with E-state index in [9.17, 15) is 9.18 Å². The number of halogens is 2. The number of likely N-dealkylation sites (tertiary alicyclic amines) is 1. The van der Waals surface area contributed by atoms with Crippen LogP contribution in [0.3, 0.4) is 0 Å². The van der Waals surface area contributed by atoms with Crippen molar-refractivity contribution in [3.05, 3.63) is 46.3 Å². The lowest BCUT2D eigenvalue weighted by molar-refractivity contribution is -0.134. The Bertz CT molecular complexity index is 698. The van der Waals surface area contributed by atoms with Crippen LogP contribution >= 0.6 is 11.6 Å². The lowest BCUT2D eigenvalue weighted by Gasteiger charge is -2.34. The van der Waals surface area contributed by atoms with E-state index in [2.05, 4.69) is 15.2 Å². The van der Waals surface area contributed by atoms with Gasteiger partial charge in [-0.3, -0.25) is 9.89 Å². The first-order chi connectivity index (χ1) is 11.1. The monoisotopic (exact) mass is 336 g/mol. The summed E-state index contributed by atoms with van der Waals surface area (Å²) in [7, 11) is 0. The van der Waals surface area contributed by atoms with Gasteiger partial charge in [0.2, 0.25) is 5.91 Å². The van der Waals surface area contributed by atoms with Crippen LogP contribution in [0, 0.1) is 12.7 Å². The summed E-state index contributed by atoms with van der Waals surface area (Å²) in [5.41, 5.74) is 0.245. The fraction of sp³-hybridized carbons (Fsp3) is 0.438. The topological polar surface area (TPSA) is 61.9 Å². The molecule has 0 spiro atoms. The van der Waals surface area contributed by atoms with E-state index in [1.807, 2.05) is 6.92 Å². The highest BCUT2D eigenvalue weighted by Gasteiger charge is 2.31. The second-order valence-corrected chi connectivity index (χ2v) is 6.16. The first-order valence-electron chi connectivity index (χ1n) is 7.67. The van der Waals surface area contributed by atoms with E-state index < -0.39 is 5.82 Å². The number of aromatic nitrogens is 3. The highest BCUT2D eigenvalue weighted by atomic mass is 35.5. The molecular formula is C16H18ClFN4O. The molecule has 23 heavy (non-hydrogen) atoms. The number of carbonyl (C=O) groups excluding carboxylic acids is 1. The minimum absolute atomic E-state index is 0.0502. The number of H-pyrrole nitrogens is 1. The summed E-state index contributed by atoms with van der Waals surface area (Å²) in [6.07, 6.45) is 2.71. The zero-order valence-electron chi connectivity index (χ0n) is 12.9. The van der Waals surface area contributed by atoms with Crippen LogP contribution in [0.1, 0.15) is 42.5 Å². The van der Waals surface area contributed by atoms with Crippen LogP contribution in [0.2, 0.25) is 5.02 Å². The maximum atomic E-state index is 13.9. The number of amides is 1. The maximum absolute atomic E-state index is 13.9. The van der Waals surface area contributed by atoms with Crippen LogP contribution in [0.5, 0.6) is 0 Å². The number of hydrogen-bond acceptors (Lipinski definition) is 3. The van der Waals surface area contributed by atoms with Gasteiger partial charge in [0.05, 0.1) is 12.5 Å². The normalized spacial score (nSPS) is 18.2. The average molecular weight is 337 g/mol. The summed E-state index contributed by atoms with van der Waals surface area (Å²) in [6, 6.07) is 4.29. The molecule has 122 valence electrons. The molecule has 1 aromatic heterocycles. The fourth-order valence-electron chi connectivity index (χ4n) is 2.96. The van der Waals surface area contributed by atoms with E-state index in [1.54, 1.807) is 11.0 Å². The number of aromatic amines is 1. The lowest BCUT2D eigenvalue weighted by atomic mass is 10.00. The van der Waals surface area contributed by atoms with Crippen molar-refractivity contribution in [2.24, 2.45) is 0 Å². The molecule has 0 aliphatic carbocycles. The van der Waals surface area contributed by atoms with Gasteiger partial charge in [0.15, 0.2) is 5.82 Å². The molecule has 1 aromatic carbocycles. The maximum Gasteiger partial charge on any atom is 0.227 e. The predicted molar refractivity (Wildman–Crippen MR) is 84.5 cm³/mol. The zero-order valence-corrected chi connectivity index (χ0v) is 13.6. The van der Waals surface area contributed by atoms with E-state index in [-0.39, 0.29) is 29.0 Å². The Balaban J connectivity index is 1.82. The molecule has 2 aromatic rings. The molecule has 0 saturated carbocycles. The van der Waals surface area contributed by atoms with E-state index in [1.165, 1.54) is 12.1 Å². The van der Waals surface area contributed by atoms with Crippen molar-refractivity contribution in [2.75, 3.05) is 6.54 Å². The van der Waals surface area contributed by atoms with Crippen LogP contribution in [0.4, 0.5) is 4.39 Å². The van der Waals surface area contributed by atoms with E-state index in [0.29, 0.717) is 12.4 Å². The Hall–Kier alpha value is -1.95. The molecule has 1 fully saturated rings. The number of piperidine rings is 1. The Morgan fingerprint density at radius 3 is 3.00 bits per heavy atom. The van der Waals surface area contributed by atoms with Crippen molar-refractivity contribution in [3.63, 3.8) is 0 Å². The van der Waals surface area contributed by atoms with E-state index in [4.69, 9.17) is 11.6 Å². The van der Waals surface area contributed by atoms with Crippen LogP contribution in [-0.4, -0.2) is 32.5 Å². The van der Waals surface area contributed by atoms with Crippen LogP contribution in [-0.2, 0) is 11.2 Å². The highest BCUT2D eigenvalue weighted by molar-refractivity contribution is 6.31. The van der Waals surface area contributed by atoms with E-state index in [0.717, 1.165) is 25.1 Å². The summed E-state index contributed by atoms with van der Waals surface area (Å²) in [5, 5.41) is 7.28. The average Bonchev–Trinajstić information content (AvgIpc) is 2.97. The molecule has 3 rings (SSSR count). The van der Waals surface area contributed by atoms with Crippen molar-refractivity contribution in [1.29, 1.82) is 0 Å². The molecule has 1 amide bonds. The number of nitrogens with one attached hydrogen (secondary N) is 1. The summed E-state index contributed by atoms with van der Waals surface area (Å²) in [6.45, 7) is 2.45. The molecule has 1 N–H and O–H groups in total. The Kier molecular flexibility index (Phi) is 4.61. The Morgan fingerprint density at radius 1 is 1.48 bits per heavy atom. The third-order valence-electron chi connectivity index (χ3n) is 4.13. The first-order valence-corrected chi connectivity index (χ1v) is 8.05. The lowest BCUT2D eigenvalue weighted by Crippen LogP contribution is -2.40. The number of rotatable bonds is 3. The smallest absolute Gasteiger partial charge is 0.227 e. The Labute approximate surface area is 138 Å². The molecule has 5 nitrogen and oxygen atoms in total. The Morgan fingerprint density at radius 2 is 2.30 bits per heavy atom. The third-order valence-corrected chi connectivity index (χ3v) is 4.48. The predicted octanol–water partition coefficient (Wildman–Crippen LogP) is 3.20. The largest absolute Gasteiger partial charge is 0.332 e. The highest BCUT2D eigenvalue weighted by Crippen LogP contribution is 2.30. The number of carbonyl (C=O) groups is 1. The summed E-state index contributed by atoms with van der Waals surface area (Å²) >= 11 is 6.03. The van der Waals surface area contributed by atoms with Crippen molar-refractivity contribution < 1.29 is 9.18 Å². The summed E-state index contributed by atoms with van der Waals surface area (Å²) in [5.74, 6) is 0.739. The van der Waals surface area contributed by atoms with Crippen molar-refractivity contribution in [2.45, 2.75) is 38.6 Å². The SMILES string of the molecule is Cc1nc([C@H]2CCCCN2C(=O)Cc2c(F)cccc2Cl)n[nH]1. The van der Waals surface area contributed by atoms with Gasteiger partial charge in [-0.1, -0.05) is 17.7 Å². The summed E-state index contributed by atoms with van der Waals surface area (Å²) < 4.78 is 13.9. The quantitative estimate of drug-likeness (QED) is 0.936. The van der Waals surface area contributed by atoms with Gasteiger partial charge in [-0.2, -0.15) is 5.10 Å². The number of aryl methyl sites for hydroxylation is 1. The van der Waals surface area contributed by atoms with Gasteiger partial charge >= 0.3 is 0 Å². The molecule has 7 heteroatoms. The van der Waals surface area contributed by atoms with Gasteiger partial charge < -0.3 is 4.90 Å². The van der Waals surface area contributed by atoms with Gasteiger partial charge in [-0.05, 0) is 38.3 Å². The zero-order chi connectivity index (χ0) is 16.4. The molecule has 1 aliphatic rings. The van der Waals surface area contributed by atoms with Crippen LogP contribution < -0.4 is 0 Å². The van der Waals surface area contributed by atoms with Crippen molar-refractivity contribution in [1.82, 2.24) is 20.1 Å². The van der Waals surface area contributed by atoms with E-state index >= 15 is 0 Å². The molecule has 0 bridgehead atoms. The molecule has 1 atom stereocenters. The minimum atomic E-state index is -0.451. The molecule has 1 saturated heterocycles. The number of benzene rings is 1. The molecule has 0 unspecified atom stereocenters. The standard InChI is InChI=1S/C16H18ClFN4O/c1-10-19-16(21-20-10)14-7-2-3-8-22(14)15(23)9-11-12(17)5-4-6-13(11)18/h4-6,14H,2-3,7-9H2,1H3,(H,19,20,21)/t14-/m1/s1. The van der Waals surface area contributed by atoms with Gasteiger partial charge in [0.25, 0.3) is 0 Å². The third kappa shape index (κ3) is 3.37. The summed E-state index contributed by atoms with van der Waals surface area (Å²) in [4.78, 5) is 18.8. The molecule has 0 radical (unpaired) electrons. The minimum Gasteiger partial charge on any atom is -0.332 e. The molecule has 2 heterocycles. The number of hydrogen-bond donors (Lipinski definition) is 1. The number of nitrogens with zero attached hydrogens (tertiary/aromatic N) is 3. The van der Waals surface area contributed by atoms with Gasteiger partial charge in [0.1, 0.15) is 11.6 Å². The fourth-order valence-corrected chi connectivity index (χ4v) is 3.19. The van der Waals surface area contributed by atoms with Gasteiger partial charge in [-0.15, -0.1) is 0 Å². The van der Waals surface area contributed by atoms with Crippen molar-refractivity contribution in [3.8, 4) is 0 Å². The molecular weight excluding hydrogens is 319 g/mol. The van der Waals surface area contributed by atoms with Crippen LogP contribution in [0.15, 0.2) is 18.2 Å².